The molecule has 0 radical (unpaired) electrons. The minimum Gasteiger partial charge on any atom is -0.480 e. The van der Waals surface area contributed by atoms with Crippen LogP contribution in [0, 0.1) is 0 Å². The molecule has 114 valence electrons. The van der Waals surface area contributed by atoms with E-state index in [1.165, 1.54) is 12.0 Å². The SMILES string of the molecule is COC(=O)CC[C@@H](NC(=O)N1CCC(O)CC1)C(=O)O. The second-order valence-electron chi connectivity index (χ2n) is 4.67. The fraction of sp³-hybridized carbons (Fsp3) is 0.750. The van der Waals surface area contributed by atoms with Crippen molar-refractivity contribution in [1.29, 1.82) is 0 Å². The van der Waals surface area contributed by atoms with E-state index in [9.17, 15) is 19.5 Å². The van der Waals surface area contributed by atoms with Crippen molar-refractivity contribution in [3.8, 4) is 0 Å². The maximum absolute atomic E-state index is 11.9. The molecule has 0 saturated carbocycles. The number of carboxylic acids is 1. The largest absolute Gasteiger partial charge is 0.480 e. The zero-order valence-corrected chi connectivity index (χ0v) is 11.4. The molecule has 1 atom stereocenters. The number of carbonyl (C=O) groups is 3. The number of carboxylic acid groups (broad SMARTS) is 1. The van der Waals surface area contributed by atoms with Gasteiger partial charge in [-0.2, -0.15) is 0 Å². The van der Waals surface area contributed by atoms with Crippen LogP contribution in [0.25, 0.3) is 0 Å². The number of hydrogen-bond donors (Lipinski definition) is 3. The number of amides is 2. The van der Waals surface area contributed by atoms with Gasteiger partial charge in [-0.25, -0.2) is 9.59 Å². The number of esters is 1. The minimum absolute atomic E-state index is 0.0236. The van der Waals surface area contributed by atoms with E-state index in [1.54, 1.807) is 0 Å². The predicted octanol–water partition coefficient (Wildman–Crippen LogP) is -0.441. The number of nitrogens with zero attached hydrogens (tertiary/aromatic N) is 1. The number of urea groups is 1. The molecule has 0 spiro atoms. The van der Waals surface area contributed by atoms with Gasteiger partial charge in [-0.05, 0) is 19.3 Å². The lowest BCUT2D eigenvalue weighted by Crippen LogP contribution is -2.50. The number of likely N-dealkylation sites (tertiary alicyclic amines) is 1. The van der Waals surface area contributed by atoms with Crippen molar-refractivity contribution in [2.75, 3.05) is 20.2 Å². The van der Waals surface area contributed by atoms with E-state index in [0.29, 0.717) is 25.9 Å². The monoisotopic (exact) mass is 288 g/mol. The first-order valence-electron chi connectivity index (χ1n) is 6.47. The molecule has 3 N–H and O–H groups in total. The summed E-state index contributed by atoms with van der Waals surface area (Å²) in [7, 11) is 1.22. The van der Waals surface area contributed by atoms with Crippen LogP contribution in [0.4, 0.5) is 4.79 Å². The van der Waals surface area contributed by atoms with Crippen molar-refractivity contribution in [2.24, 2.45) is 0 Å². The fourth-order valence-electron chi connectivity index (χ4n) is 1.93. The third kappa shape index (κ3) is 5.04. The summed E-state index contributed by atoms with van der Waals surface area (Å²) in [5.41, 5.74) is 0. The summed E-state index contributed by atoms with van der Waals surface area (Å²) in [6, 6.07) is -1.62. The van der Waals surface area contributed by atoms with Gasteiger partial charge < -0.3 is 25.2 Å². The van der Waals surface area contributed by atoms with Gasteiger partial charge in [0.25, 0.3) is 0 Å². The van der Waals surface area contributed by atoms with Gasteiger partial charge in [0.1, 0.15) is 6.04 Å². The van der Waals surface area contributed by atoms with Crippen molar-refractivity contribution in [2.45, 2.75) is 37.8 Å². The zero-order chi connectivity index (χ0) is 15.1. The van der Waals surface area contributed by atoms with Crippen molar-refractivity contribution >= 4 is 18.0 Å². The lowest BCUT2D eigenvalue weighted by Gasteiger charge is -2.30. The number of hydrogen-bond acceptors (Lipinski definition) is 5. The normalized spacial score (nSPS) is 17.4. The van der Waals surface area contributed by atoms with Gasteiger partial charge in [-0.1, -0.05) is 0 Å². The van der Waals surface area contributed by atoms with Crippen LogP contribution in [0.15, 0.2) is 0 Å². The van der Waals surface area contributed by atoms with E-state index in [1.807, 2.05) is 0 Å². The van der Waals surface area contributed by atoms with E-state index >= 15 is 0 Å². The number of nitrogens with one attached hydrogen (secondary N) is 1. The van der Waals surface area contributed by atoms with Crippen LogP contribution >= 0.6 is 0 Å². The van der Waals surface area contributed by atoms with Crippen LogP contribution in [0.1, 0.15) is 25.7 Å². The molecular formula is C12H20N2O6. The second-order valence-corrected chi connectivity index (χ2v) is 4.67. The van der Waals surface area contributed by atoms with Crippen LogP contribution in [0.5, 0.6) is 0 Å². The standard InChI is InChI=1S/C12H20N2O6/c1-20-10(16)3-2-9(11(17)18)13-12(19)14-6-4-8(15)5-7-14/h8-9,15H,2-7H2,1H3,(H,13,19)(H,17,18)/t9-/m1/s1. The Morgan fingerprint density at radius 2 is 1.95 bits per heavy atom. The smallest absolute Gasteiger partial charge is 0.326 e. The fourth-order valence-corrected chi connectivity index (χ4v) is 1.93. The number of piperidine rings is 1. The van der Waals surface area contributed by atoms with Gasteiger partial charge in [-0.15, -0.1) is 0 Å². The molecule has 0 aromatic heterocycles. The molecule has 8 heteroatoms. The molecule has 1 aliphatic heterocycles. The highest BCUT2D eigenvalue weighted by atomic mass is 16.5. The number of aliphatic carboxylic acids is 1. The number of aliphatic hydroxyl groups is 1. The van der Waals surface area contributed by atoms with Crippen molar-refractivity contribution < 1.29 is 29.3 Å². The average molecular weight is 288 g/mol. The molecule has 1 saturated heterocycles. The van der Waals surface area contributed by atoms with E-state index in [2.05, 4.69) is 10.1 Å². The Balaban J connectivity index is 2.46. The second kappa shape index (κ2) is 7.68. The lowest BCUT2D eigenvalue weighted by atomic mass is 10.1. The Bertz CT molecular complexity index is 365. The third-order valence-electron chi connectivity index (χ3n) is 3.21. The van der Waals surface area contributed by atoms with Crippen molar-refractivity contribution in [3.63, 3.8) is 0 Å². The molecule has 0 aromatic rings. The molecule has 1 heterocycles. The van der Waals surface area contributed by atoms with E-state index in [0.717, 1.165) is 0 Å². The maximum Gasteiger partial charge on any atom is 0.326 e. The molecule has 0 unspecified atom stereocenters. The van der Waals surface area contributed by atoms with Gasteiger partial charge in [0, 0.05) is 19.5 Å². The first kappa shape index (κ1) is 16.2. The molecule has 0 aliphatic carbocycles. The van der Waals surface area contributed by atoms with Gasteiger partial charge in [0.2, 0.25) is 0 Å². The summed E-state index contributed by atoms with van der Waals surface area (Å²) in [4.78, 5) is 35.4. The van der Waals surface area contributed by atoms with Crippen LogP contribution in [-0.2, 0) is 14.3 Å². The van der Waals surface area contributed by atoms with E-state index < -0.39 is 30.1 Å². The summed E-state index contributed by atoms with van der Waals surface area (Å²) < 4.78 is 4.43. The molecular weight excluding hydrogens is 268 g/mol. The van der Waals surface area contributed by atoms with Gasteiger partial charge >= 0.3 is 18.0 Å². The Morgan fingerprint density at radius 3 is 2.45 bits per heavy atom. The Labute approximate surface area is 116 Å². The summed E-state index contributed by atoms with van der Waals surface area (Å²) in [6.07, 6.45) is 0.450. The molecule has 2 amide bonds. The highest BCUT2D eigenvalue weighted by Crippen LogP contribution is 2.10. The van der Waals surface area contributed by atoms with Gasteiger partial charge in [0.15, 0.2) is 0 Å². The van der Waals surface area contributed by atoms with Crippen LogP contribution in [0.2, 0.25) is 0 Å². The average Bonchev–Trinajstić information content (AvgIpc) is 2.43. The Morgan fingerprint density at radius 1 is 1.35 bits per heavy atom. The number of methoxy groups -OCH3 is 1. The molecule has 1 rings (SSSR count). The summed E-state index contributed by atoms with van der Waals surface area (Å²) >= 11 is 0. The highest BCUT2D eigenvalue weighted by molar-refractivity contribution is 5.83. The minimum atomic E-state index is -1.20. The Kier molecular flexibility index (Phi) is 6.23. The molecule has 1 fully saturated rings. The first-order chi connectivity index (χ1) is 9.43. The summed E-state index contributed by atoms with van der Waals surface area (Å²) in [6.45, 7) is 0.771. The number of aliphatic hydroxyl groups excluding tert-OH is 1. The van der Waals surface area contributed by atoms with Crippen molar-refractivity contribution in [1.82, 2.24) is 10.2 Å². The number of rotatable bonds is 5. The number of ether oxygens (including phenoxy) is 1. The van der Waals surface area contributed by atoms with Crippen LogP contribution < -0.4 is 5.32 Å². The molecule has 1 aliphatic rings. The maximum atomic E-state index is 11.9. The van der Waals surface area contributed by atoms with Gasteiger partial charge in [-0.3, -0.25) is 4.79 Å². The Hall–Kier alpha value is -1.83. The van der Waals surface area contributed by atoms with E-state index in [4.69, 9.17) is 5.11 Å². The van der Waals surface area contributed by atoms with Gasteiger partial charge in [0.05, 0.1) is 13.2 Å². The van der Waals surface area contributed by atoms with Crippen LogP contribution in [0.3, 0.4) is 0 Å². The first-order valence-corrected chi connectivity index (χ1v) is 6.47. The number of carbonyl (C=O) groups excluding carboxylic acids is 2. The predicted molar refractivity (Wildman–Crippen MR) is 68.0 cm³/mol. The van der Waals surface area contributed by atoms with E-state index in [-0.39, 0.29) is 12.8 Å². The molecule has 8 nitrogen and oxygen atoms in total. The lowest BCUT2D eigenvalue weighted by molar-refractivity contribution is -0.142. The topological polar surface area (TPSA) is 116 Å². The van der Waals surface area contributed by atoms with Crippen molar-refractivity contribution in [3.05, 3.63) is 0 Å². The summed E-state index contributed by atoms with van der Waals surface area (Å²) in [5, 5.41) is 20.7. The van der Waals surface area contributed by atoms with Crippen LogP contribution in [-0.4, -0.2) is 65.4 Å². The highest BCUT2D eigenvalue weighted by Gasteiger charge is 2.26. The molecule has 20 heavy (non-hydrogen) atoms. The zero-order valence-electron chi connectivity index (χ0n) is 11.4. The molecule has 0 bridgehead atoms. The quantitative estimate of drug-likeness (QED) is 0.590. The molecule has 0 aromatic carbocycles. The third-order valence-corrected chi connectivity index (χ3v) is 3.21. The summed E-state index contributed by atoms with van der Waals surface area (Å²) in [5.74, 6) is -1.72.